The number of para-hydroxylation sites is 1. The zero-order valence-electron chi connectivity index (χ0n) is 14.4. The zero-order chi connectivity index (χ0) is 16.6. The molecule has 1 heterocycles. The molecule has 4 rings (SSSR count). The highest BCUT2D eigenvalue weighted by Gasteiger charge is 2.41. The number of ether oxygens (including phenoxy) is 1. The molecule has 0 aromatic heterocycles. The molecule has 2 bridgehead atoms. The highest BCUT2D eigenvalue weighted by molar-refractivity contribution is 5.44. The van der Waals surface area contributed by atoms with Gasteiger partial charge in [-0.25, -0.2) is 0 Å². The summed E-state index contributed by atoms with van der Waals surface area (Å²) in [5, 5.41) is 9.94. The molecule has 3 heteroatoms. The van der Waals surface area contributed by atoms with Crippen molar-refractivity contribution in [2.45, 2.75) is 31.1 Å². The van der Waals surface area contributed by atoms with Gasteiger partial charge >= 0.3 is 0 Å². The summed E-state index contributed by atoms with van der Waals surface area (Å²) in [6, 6.07) is 10.7. The van der Waals surface area contributed by atoms with Gasteiger partial charge in [0.25, 0.3) is 0 Å². The Morgan fingerprint density at radius 1 is 1.21 bits per heavy atom. The van der Waals surface area contributed by atoms with E-state index in [9.17, 15) is 5.26 Å². The van der Waals surface area contributed by atoms with Crippen molar-refractivity contribution in [1.82, 2.24) is 4.90 Å². The molecule has 0 radical (unpaired) electrons. The first-order chi connectivity index (χ1) is 11.7. The van der Waals surface area contributed by atoms with Crippen molar-refractivity contribution in [2.24, 2.45) is 17.8 Å². The van der Waals surface area contributed by atoms with Crippen molar-refractivity contribution in [3.05, 3.63) is 42.0 Å². The van der Waals surface area contributed by atoms with Crippen molar-refractivity contribution in [1.29, 1.82) is 5.26 Å². The zero-order valence-corrected chi connectivity index (χ0v) is 14.4. The van der Waals surface area contributed by atoms with Gasteiger partial charge in [-0.15, -0.1) is 0 Å². The number of likely N-dealkylation sites (tertiary alicyclic amines) is 1. The number of hydrogen-bond donors (Lipinski definition) is 0. The van der Waals surface area contributed by atoms with Crippen LogP contribution in [0.25, 0.3) is 0 Å². The molecule has 24 heavy (non-hydrogen) atoms. The second-order valence-electron chi connectivity index (χ2n) is 7.74. The van der Waals surface area contributed by atoms with Crippen molar-refractivity contribution in [3.63, 3.8) is 0 Å². The molecule has 0 amide bonds. The topological polar surface area (TPSA) is 36.3 Å². The first-order valence-electron chi connectivity index (χ1n) is 9.19. The van der Waals surface area contributed by atoms with Crippen LogP contribution in [0.5, 0.6) is 5.75 Å². The van der Waals surface area contributed by atoms with Gasteiger partial charge in [0.15, 0.2) is 0 Å². The summed E-state index contributed by atoms with van der Waals surface area (Å²) >= 11 is 0. The molecule has 0 unspecified atom stereocenters. The Morgan fingerprint density at radius 2 is 2.00 bits per heavy atom. The smallest absolute Gasteiger partial charge is 0.123 e. The first-order valence-corrected chi connectivity index (χ1v) is 9.19. The minimum absolute atomic E-state index is 0.391. The van der Waals surface area contributed by atoms with Crippen LogP contribution in [0.3, 0.4) is 0 Å². The van der Waals surface area contributed by atoms with E-state index in [1.807, 2.05) is 18.2 Å². The van der Waals surface area contributed by atoms with E-state index < -0.39 is 5.41 Å². The summed E-state index contributed by atoms with van der Waals surface area (Å²) in [5.41, 5.74) is 0.676. The molecular formula is C21H26N2O. The predicted molar refractivity (Wildman–Crippen MR) is 94.8 cm³/mol. The normalized spacial score (nSPS) is 31.1. The Kier molecular flexibility index (Phi) is 4.10. The standard InChI is InChI=1S/C21H26N2O/c1-24-20-5-3-2-4-19(20)21(15-22)8-10-23(11-9-21)14-18-13-16-6-7-17(18)12-16/h2-7,16-18H,8-14H2,1H3/t16-,17-,18-/m0/s1. The molecular weight excluding hydrogens is 296 g/mol. The number of rotatable bonds is 4. The van der Waals surface area contributed by atoms with E-state index in [1.165, 1.54) is 19.4 Å². The molecule has 2 aliphatic carbocycles. The lowest BCUT2D eigenvalue weighted by atomic mass is 9.73. The lowest BCUT2D eigenvalue weighted by Gasteiger charge is -2.39. The predicted octanol–water partition coefficient (Wildman–Crippen LogP) is 3.76. The van der Waals surface area contributed by atoms with E-state index >= 15 is 0 Å². The van der Waals surface area contributed by atoms with Crippen molar-refractivity contribution >= 4 is 0 Å². The fourth-order valence-corrected chi connectivity index (χ4v) is 5.03. The monoisotopic (exact) mass is 322 g/mol. The molecule has 3 aliphatic rings. The quantitative estimate of drug-likeness (QED) is 0.792. The van der Waals surface area contributed by atoms with E-state index in [0.717, 1.165) is 55.0 Å². The van der Waals surface area contributed by atoms with Crippen LogP contribution in [-0.4, -0.2) is 31.6 Å². The van der Waals surface area contributed by atoms with Gasteiger partial charge in [-0.1, -0.05) is 30.4 Å². The maximum atomic E-state index is 9.94. The Labute approximate surface area is 144 Å². The van der Waals surface area contributed by atoms with Crippen LogP contribution in [0.15, 0.2) is 36.4 Å². The average Bonchev–Trinajstić information content (AvgIpc) is 3.26. The molecule has 3 nitrogen and oxygen atoms in total. The lowest BCUT2D eigenvalue weighted by Crippen LogP contribution is -2.44. The minimum Gasteiger partial charge on any atom is -0.496 e. The number of nitrogens with zero attached hydrogens (tertiary/aromatic N) is 2. The van der Waals surface area contributed by atoms with Crippen LogP contribution in [0.4, 0.5) is 0 Å². The summed E-state index contributed by atoms with van der Waals surface area (Å²) in [6.07, 6.45) is 9.41. The van der Waals surface area contributed by atoms with Gasteiger partial charge in [0.05, 0.1) is 18.6 Å². The fraction of sp³-hybridized carbons (Fsp3) is 0.571. The van der Waals surface area contributed by atoms with Gasteiger partial charge in [-0.05, 0) is 62.6 Å². The van der Waals surface area contributed by atoms with E-state index in [-0.39, 0.29) is 0 Å². The van der Waals surface area contributed by atoms with Gasteiger partial charge in [0.1, 0.15) is 5.75 Å². The molecule has 1 aliphatic heterocycles. The Hall–Kier alpha value is -1.79. The molecule has 1 aromatic rings. The van der Waals surface area contributed by atoms with Crippen molar-refractivity contribution < 1.29 is 4.74 Å². The fourth-order valence-electron chi connectivity index (χ4n) is 5.03. The van der Waals surface area contributed by atoms with Gasteiger partial charge in [0.2, 0.25) is 0 Å². The number of allylic oxidation sites excluding steroid dienone is 2. The summed E-state index contributed by atoms with van der Waals surface area (Å²) in [7, 11) is 1.70. The number of benzene rings is 1. The average molecular weight is 322 g/mol. The third kappa shape index (κ3) is 2.63. The third-order valence-corrected chi connectivity index (χ3v) is 6.46. The number of nitriles is 1. The number of hydrogen-bond acceptors (Lipinski definition) is 3. The first kappa shape index (κ1) is 15.7. The second-order valence-corrected chi connectivity index (χ2v) is 7.74. The summed E-state index contributed by atoms with van der Waals surface area (Å²) in [5.74, 6) is 3.34. The molecule has 1 saturated carbocycles. The van der Waals surface area contributed by atoms with Crippen molar-refractivity contribution in [2.75, 3.05) is 26.7 Å². The summed E-state index contributed by atoms with van der Waals surface area (Å²) in [4.78, 5) is 2.59. The van der Waals surface area contributed by atoms with Gasteiger partial charge in [-0.2, -0.15) is 5.26 Å². The number of methoxy groups -OCH3 is 1. The van der Waals surface area contributed by atoms with E-state index in [1.54, 1.807) is 7.11 Å². The Bertz CT molecular complexity index is 667. The molecule has 1 aromatic carbocycles. The minimum atomic E-state index is -0.391. The number of fused-ring (bicyclic) bond motifs is 2. The molecule has 2 fully saturated rings. The Morgan fingerprint density at radius 3 is 2.62 bits per heavy atom. The Balaban J connectivity index is 1.44. The van der Waals surface area contributed by atoms with E-state index in [0.29, 0.717) is 0 Å². The van der Waals surface area contributed by atoms with Gasteiger partial charge < -0.3 is 9.64 Å². The lowest BCUT2D eigenvalue weighted by molar-refractivity contribution is 0.152. The molecule has 126 valence electrons. The maximum absolute atomic E-state index is 9.94. The second kappa shape index (κ2) is 6.26. The highest BCUT2D eigenvalue weighted by atomic mass is 16.5. The molecule has 1 saturated heterocycles. The van der Waals surface area contributed by atoms with Crippen LogP contribution in [0, 0.1) is 29.1 Å². The van der Waals surface area contributed by atoms with E-state index in [2.05, 4.69) is 29.2 Å². The van der Waals surface area contributed by atoms with Crippen LogP contribution in [0.1, 0.15) is 31.2 Å². The maximum Gasteiger partial charge on any atom is 0.123 e. The van der Waals surface area contributed by atoms with Crippen LogP contribution < -0.4 is 4.74 Å². The summed E-state index contributed by atoms with van der Waals surface area (Å²) < 4.78 is 5.52. The van der Waals surface area contributed by atoms with Crippen molar-refractivity contribution in [3.8, 4) is 11.8 Å². The van der Waals surface area contributed by atoms with Gasteiger partial charge in [0, 0.05) is 12.1 Å². The van der Waals surface area contributed by atoms with Crippen LogP contribution in [0.2, 0.25) is 0 Å². The summed E-state index contributed by atoms with van der Waals surface area (Å²) in [6.45, 7) is 3.24. The SMILES string of the molecule is COc1ccccc1C1(C#N)CCN(C[C@@H]2C[C@H]3C=C[C@H]2C3)CC1. The molecule has 0 N–H and O–H groups in total. The van der Waals surface area contributed by atoms with Gasteiger partial charge in [-0.3, -0.25) is 0 Å². The third-order valence-electron chi connectivity index (χ3n) is 6.46. The van der Waals surface area contributed by atoms with Crippen LogP contribution >= 0.6 is 0 Å². The van der Waals surface area contributed by atoms with Crippen LogP contribution in [-0.2, 0) is 5.41 Å². The highest BCUT2D eigenvalue weighted by Crippen LogP contribution is 2.45. The number of piperidine rings is 1. The largest absolute Gasteiger partial charge is 0.496 e. The molecule has 0 spiro atoms. The van der Waals surface area contributed by atoms with E-state index in [4.69, 9.17) is 4.74 Å². The molecule has 3 atom stereocenters.